The van der Waals surface area contributed by atoms with Crippen LogP contribution in [0, 0.1) is 18.6 Å². The molecule has 134 valence electrons. The van der Waals surface area contributed by atoms with E-state index >= 15 is 0 Å². The van der Waals surface area contributed by atoms with E-state index in [1.165, 1.54) is 0 Å². The molecule has 5 nitrogen and oxygen atoms in total. The fourth-order valence-electron chi connectivity index (χ4n) is 2.23. The van der Waals surface area contributed by atoms with E-state index in [4.69, 9.17) is 0 Å². The first-order valence-electron chi connectivity index (χ1n) is 7.60. The highest BCUT2D eigenvalue weighted by molar-refractivity contribution is 7.92. The Hall–Kier alpha value is -2.48. The number of halogens is 2. The number of rotatable bonds is 6. The number of carbonyl (C=O) groups is 1. The van der Waals surface area contributed by atoms with Gasteiger partial charge in [0, 0.05) is 11.8 Å². The molecule has 0 aliphatic heterocycles. The molecular weight excluding hydrogens is 350 g/mol. The molecule has 0 bridgehead atoms. The normalized spacial score (nSPS) is 11.2. The Morgan fingerprint density at radius 3 is 2.44 bits per heavy atom. The number of benzene rings is 2. The monoisotopic (exact) mass is 368 g/mol. The highest BCUT2D eigenvalue weighted by Crippen LogP contribution is 2.25. The number of sulfonamides is 1. The van der Waals surface area contributed by atoms with Gasteiger partial charge in [-0.05, 0) is 43.2 Å². The van der Waals surface area contributed by atoms with Crippen LogP contribution in [0.2, 0.25) is 0 Å². The van der Waals surface area contributed by atoms with Crippen LogP contribution in [0.15, 0.2) is 36.4 Å². The van der Waals surface area contributed by atoms with Gasteiger partial charge in [0.25, 0.3) is 5.91 Å². The second-order valence-electron chi connectivity index (χ2n) is 5.48. The van der Waals surface area contributed by atoms with Gasteiger partial charge in [0.2, 0.25) is 10.0 Å². The van der Waals surface area contributed by atoms with E-state index in [0.29, 0.717) is 29.4 Å². The molecule has 2 N–H and O–H groups in total. The first kappa shape index (κ1) is 18.9. The van der Waals surface area contributed by atoms with Gasteiger partial charge in [-0.1, -0.05) is 13.0 Å². The lowest BCUT2D eigenvalue weighted by atomic mass is 10.1. The smallest absolute Gasteiger partial charge is 0.258 e. The van der Waals surface area contributed by atoms with Gasteiger partial charge in [-0.15, -0.1) is 0 Å². The molecule has 25 heavy (non-hydrogen) atoms. The minimum atomic E-state index is -3.48. The third-order valence-electron chi connectivity index (χ3n) is 3.50. The van der Waals surface area contributed by atoms with Crippen LogP contribution in [0.1, 0.15) is 29.3 Å². The molecule has 0 saturated heterocycles. The Balaban J connectivity index is 2.26. The van der Waals surface area contributed by atoms with Crippen LogP contribution < -0.4 is 10.0 Å². The molecule has 0 saturated carbocycles. The fourth-order valence-corrected chi connectivity index (χ4v) is 3.43. The number of carbonyl (C=O) groups excluding carboxylic acids is 1. The fraction of sp³-hybridized carbons (Fsp3) is 0.235. The number of anilines is 2. The second kappa shape index (κ2) is 7.60. The molecule has 2 aromatic rings. The van der Waals surface area contributed by atoms with E-state index in [-0.39, 0.29) is 11.3 Å². The minimum Gasteiger partial charge on any atom is -0.322 e. The Kier molecular flexibility index (Phi) is 5.73. The maximum absolute atomic E-state index is 13.7. The van der Waals surface area contributed by atoms with Gasteiger partial charge in [-0.3, -0.25) is 9.52 Å². The zero-order chi connectivity index (χ0) is 18.6. The predicted octanol–water partition coefficient (Wildman–Crippen LogP) is 3.68. The maximum atomic E-state index is 13.7. The van der Waals surface area contributed by atoms with E-state index in [2.05, 4.69) is 10.0 Å². The van der Waals surface area contributed by atoms with Crippen molar-refractivity contribution in [2.75, 3.05) is 15.8 Å². The number of hydrogen-bond acceptors (Lipinski definition) is 3. The van der Waals surface area contributed by atoms with Gasteiger partial charge in [0.05, 0.1) is 17.0 Å². The molecule has 0 aromatic heterocycles. The zero-order valence-corrected chi connectivity index (χ0v) is 14.6. The van der Waals surface area contributed by atoms with Crippen molar-refractivity contribution in [3.8, 4) is 0 Å². The lowest BCUT2D eigenvalue weighted by Gasteiger charge is -2.14. The lowest BCUT2D eigenvalue weighted by Crippen LogP contribution is -2.18. The lowest BCUT2D eigenvalue weighted by molar-refractivity contribution is 0.102. The minimum absolute atomic E-state index is 0.0240. The molecule has 0 aliphatic carbocycles. The third-order valence-corrected chi connectivity index (χ3v) is 4.97. The Bertz CT molecular complexity index is 899. The van der Waals surface area contributed by atoms with Crippen molar-refractivity contribution in [2.45, 2.75) is 20.3 Å². The van der Waals surface area contributed by atoms with Crippen molar-refractivity contribution in [3.63, 3.8) is 0 Å². The van der Waals surface area contributed by atoms with Gasteiger partial charge < -0.3 is 5.32 Å². The Morgan fingerprint density at radius 2 is 1.80 bits per heavy atom. The number of nitrogens with one attached hydrogen (secondary N) is 2. The standard InChI is InChI=1S/C17H18F2N2O3S/c1-3-9-25(23,24)21-16-6-4-5-15(11(16)2)20-17(22)13-8-7-12(18)10-14(13)19/h4-8,10,21H,3,9H2,1-2H3,(H,20,22). The van der Waals surface area contributed by atoms with Crippen molar-refractivity contribution < 1.29 is 22.0 Å². The first-order valence-corrected chi connectivity index (χ1v) is 9.25. The van der Waals surface area contributed by atoms with Gasteiger partial charge in [0.15, 0.2) is 0 Å². The van der Waals surface area contributed by atoms with Gasteiger partial charge >= 0.3 is 0 Å². The summed E-state index contributed by atoms with van der Waals surface area (Å²) in [6.45, 7) is 3.38. The molecule has 2 aromatic carbocycles. The van der Waals surface area contributed by atoms with Crippen LogP contribution in [0.5, 0.6) is 0 Å². The molecule has 0 heterocycles. The number of hydrogen-bond donors (Lipinski definition) is 2. The summed E-state index contributed by atoms with van der Waals surface area (Å²) in [6, 6.07) is 7.34. The van der Waals surface area contributed by atoms with Crippen molar-refractivity contribution >= 4 is 27.3 Å². The topological polar surface area (TPSA) is 75.3 Å². The van der Waals surface area contributed by atoms with Crippen LogP contribution in [0.4, 0.5) is 20.2 Å². The largest absolute Gasteiger partial charge is 0.322 e. The molecular formula is C17H18F2N2O3S. The summed E-state index contributed by atoms with van der Waals surface area (Å²) in [6.07, 6.45) is 0.467. The van der Waals surface area contributed by atoms with Crippen LogP contribution in [0.25, 0.3) is 0 Å². The summed E-state index contributed by atoms with van der Waals surface area (Å²) in [7, 11) is -3.48. The SMILES string of the molecule is CCCS(=O)(=O)Nc1cccc(NC(=O)c2ccc(F)cc2F)c1C. The van der Waals surface area contributed by atoms with Crippen LogP contribution >= 0.6 is 0 Å². The van der Waals surface area contributed by atoms with E-state index in [1.807, 2.05) is 0 Å². The quantitative estimate of drug-likeness (QED) is 0.817. The van der Waals surface area contributed by atoms with E-state index < -0.39 is 27.6 Å². The average molecular weight is 368 g/mol. The Labute approximate surface area is 145 Å². The maximum Gasteiger partial charge on any atom is 0.258 e. The third kappa shape index (κ3) is 4.76. The average Bonchev–Trinajstić information content (AvgIpc) is 2.50. The molecule has 0 fully saturated rings. The van der Waals surface area contributed by atoms with E-state index in [9.17, 15) is 22.0 Å². The number of amides is 1. The molecule has 1 amide bonds. The van der Waals surface area contributed by atoms with Crippen LogP contribution in [-0.2, 0) is 10.0 Å². The second-order valence-corrected chi connectivity index (χ2v) is 7.32. The van der Waals surface area contributed by atoms with Gasteiger partial charge in [0.1, 0.15) is 11.6 Å². The van der Waals surface area contributed by atoms with Crippen LogP contribution in [0.3, 0.4) is 0 Å². The molecule has 8 heteroatoms. The first-order chi connectivity index (χ1) is 11.7. The molecule has 0 unspecified atom stereocenters. The molecule has 0 spiro atoms. The summed E-state index contributed by atoms with van der Waals surface area (Å²) < 4.78 is 52.9. The highest BCUT2D eigenvalue weighted by atomic mass is 32.2. The van der Waals surface area contributed by atoms with E-state index in [1.54, 1.807) is 32.0 Å². The van der Waals surface area contributed by atoms with Crippen molar-refractivity contribution in [3.05, 3.63) is 59.2 Å². The summed E-state index contributed by atoms with van der Waals surface area (Å²) in [5.41, 5.74) is 0.826. The summed E-state index contributed by atoms with van der Waals surface area (Å²) in [5.74, 6) is -2.54. The van der Waals surface area contributed by atoms with Crippen molar-refractivity contribution in [2.24, 2.45) is 0 Å². The van der Waals surface area contributed by atoms with Gasteiger partial charge in [-0.2, -0.15) is 0 Å². The summed E-state index contributed by atoms with van der Waals surface area (Å²) in [4.78, 5) is 12.2. The van der Waals surface area contributed by atoms with Crippen molar-refractivity contribution in [1.29, 1.82) is 0 Å². The van der Waals surface area contributed by atoms with E-state index in [0.717, 1.165) is 12.1 Å². The van der Waals surface area contributed by atoms with Crippen LogP contribution in [-0.4, -0.2) is 20.1 Å². The van der Waals surface area contributed by atoms with Crippen molar-refractivity contribution in [1.82, 2.24) is 0 Å². The molecule has 0 radical (unpaired) electrons. The molecule has 0 atom stereocenters. The predicted molar refractivity (Wildman–Crippen MR) is 93.2 cm³/mol. The Morgan fingerprint density at radius 1 is 1.12 bits per heavy atom. The van der Waals surface area contributed by atoms with Gasteiger partial charge in [-0.25, -0.2) is 17.2 Å². The highest BCUT2D eigenvalue weighted by Gasteiger charge is 2.16. The molecule has 2 rings (SSSR count). The summed E-state index contributed by atoms with van der Waals surface area (Å²) >= 11 is 0. The molecule has 0 aliphatic rings. The summed E-state index contributed by atoms with van der Waals surface area (Å²) in [5, 5.41) is 2.51. The zero-order valence-electron chi connectivity index (χ0n) is 13.8.